The second kappa shape index (κ2) is 6.36. The van der Waals surface area contributed by atoms with Gasteiger partial charge in [0.15, 0.2) is 0 Å². The van der Waals surface area contributed by atoms with E-state index in [0.717, 1.165) is 0 Å². The van der Waals surface area contributed by atoms with Crippen molar-refractivity contribution < 1.29 is 14.3 Å². The summed E-state index contributed by atoms with van der Waals surface area (Å²) in [7, 11) is 0. The summed E-state index contributed by atoms with van der Waals surface area (Å²) >= 11 is 0. The molecule has 1 aliphatic heterocycles. The summed E-state index contributed by atoms with van der Waals surface area (Å²) in [5.74, 6) is 0.240. The normalized spacial score (nSPS) is 13.0. The maximum atomic E-state index is 12.7. The molecule has 0 radical (unpaired) electrons. The van der Waals surface area contributed by atoms with Crippen LogP contribution >= 0.6 is 0 Å². The van der Waals surface area contributed by atoms with Crippen LogP contribution in [0.15, 0.2) is 61.2 Å². The molecule has 23 heavy (non-hydrogen) atoms. The number of hydrogen-bond donors (Lipinski definition) is 1. The number of ether oxygens (including phenoxy) is 1. The maximum Gasteiger partial charge on any atom is 0.258 e. The van der Waals surface area contributed by atoms with Crippen LogP contribution in [0.25, 0.3) is 0 Å². The van der Waals surface area contributed by atoms with Crippen LogP contribution in [0.1, 0.15) is 10.4 Å². The Balaban J connectivity index is 1.85. The third kappa shape index (κ3) is 3.08. The number of nitrogens with one attached hydrogen (secondary N) is 1. The average molecular weight is 308 g/mol. The number of rotatable bonds is 4. The van der Waals surface area contributed by atoms with Gasteiger partial charge in [-0.25, -0.2) is 0 Å². The molecule has 0 aliphatic carbocycles. The molecule has 0 bridgehead atoms. The fourth-order valence-electron chi connectivity index (χ4n) is 2.42. The molecule has 0 aromatic heterocycles. The van der Waals surface area contributed by atoms with E-state index in [4.69, 9.17) is 4.74 Å². The zero-order chi connectivity index (χ0) is 16.2. The highest BCUT2D eigenvalue weighted by Crippen LogP contribution is 2.30. The number of amides is 2. The minimum Gasteiger partial charge on any atom is -0.490 e. The Bertz CT molecular complexity index is 753. The molecular weight excluding hydrogens is 292 g/mol. The molecule has 2 aromatic rings. The molecule has 5 nitrogen and oxygen atoms in total. The van der Waals surface area contributed by atoms with Crippen LogP contribution in [0.3, 0.4) is 0 Å². The van der Waals surface area contributed by atoms with Gasteiger partial charge in [0.05, 0.1) is 11.4 Å². The van der Waals surface area contributed by atoms with Crippen molar-refractivity contribution in [1.82, 2.24) is 0 Å². The second-order valence-corrected chi connectivity index (χ2v) is 5.08. The van der Waals surface area contributed by atoms with Gasteiger partial charge < -0.3 is 10.1 Å². The van der Waals surface area contributed by atoms with Crippen molar-refractivity contribution >= 4 is 23.2 Å². The monoisotopic (exact) mass is 308 g/mol. The Labute approximate surface area is 134 Å². The standard InChI is InChI=1S/C18H16N2O3/c1-2-11-23-14-9-7-13(8-10-14)18(22)20-12-17(21)19-15-5-3-4-6-16(15)20/h2-10H,1,11-12H2,(H,19,21). The first-order chi connectivity index (χ1) is 11.2. The second-order valence-electron chi connectivity index (χ2n) is 5.08. The quantitative estimate of drug-likeness (QED) is 0.884. The molecule has 2 aromatic carbocycles. The van der Waals surface area contributed by atoms with Gasteiger partial charge in [-0.3, -0.25) is 14.5 Å². The van der Waals surface area contributed by atoms with E-state index in [2.05, 4.69) is 11.9 Å². The summed E-state index contributed by atoms with van der Waals surface area (Å²) in [6.45, 7) is 4.00. The molecule has 0 atom stereocenters. The largest absolute Gasteiger partial charge is 0.490 e. The number of nitrogens with zero attached hydrogens (tertiary/aromatic N) is 1. The number of fused-ring (bicyclic) bond motifs is 1. The van der Waals surface area contributed by atoms with E-state index >= 15 is 0 Å². The Morgan fingerprint density at radius 1 is 1.22 bits per heavy atom. The third-order valence-corrected chi connectivity index (χ3v) is 3.48. The van der Waals surface area contributed by atoms with Gasteiger partial charge in [-0.1, -0.05) is 24.8 Å². The van der Waals surface area contributed by atoms with Crippen molar-refractivity contribution in [2.24, 2.45) is 0 Å². The predicted molar refractivity (Wildman–Crippen MR) is 88.9 cm³/mol. The van der Waals surface area contributed by atoms with Crippen molar-refractivity contribution in [3.8, 4) is 5.75 Å². The molecule has 116 valence electrons. The van der Waals surface area contributed by atoms with Gasteiger partial charge in [-0.2, -0.15) is 0 Å². The van der Waals surface area contributed by atoms with E-state index in [-0.39, 0.29) is 18.4 Å². The average Bonchev–Trinajstić information content (AvgIpc) is 2.59. The molecule has 0 saturated heterocycles. The maximum absolute atomic E-state index is 12.7. The van der Waals surface area contributed by atoms with E-state index in [1.807, 2.05) is 18.2 Å². The van der Waals surface area contributed by atoms with Crippen LogP contribution < -0.4 is 15.0 Å². The highest BCUT2D eigenvalue weighted by Gasteiger charge is 2.27. The molecule has 0 saturated carbocycles. The van der Waals surface area contributed by atoms with E-state index in [9.17, 15) is 9.59 Å². The first-order valence-corrected chi connectivity index (χ1v) is 7.23. The summed E-state index contributed by atoms with van der Waals surface area (Å²) in [6, 6.07) is 14.1. The summed E-state index contributed by atoms with van der Waals surface area (Å²) in [6.07, 6.45) is 1.66. The molecule has 2 amide bonds. The topological polar surface area (TPSA) is 58.6 Å². The van der Waals surface area contributed by atoms with Gasteiger partial charge in [0.25, 0.3) is 5.91 Å². The van der Waals surface area contributed by atoms with Crippen molar-refractivity contribution in [2.75, 3.05) is 23.4 Å². The molecule has 1 aliphatic rings. The Morgan fingerprint density at radius 3 is 2.70 bits per heavy atom. The highest BCUT2D eigenvalue weighted by atomic mass is 16.5. The molecule has 1 heterocycles. The van der Waals surface area contributed by atoms with E-state index in [1.165, 1.54) is 4.90 Å². The number of carbonyl (C=O) groups is 2. The van der Waals surface area contributed by atoms with Crippen LogP contribution in [0.4, 0.5) is 11.4 Å². The Kier molecular flexibility index (Phi) is 4.10. The zero-order valence-corrected chi connectivity index (χ0v) is 12.5. The summed E-state index contributed by atoms with van der Waals surface area (Å²) in [5.41, 5.74) is 1.84. The molecular formula is C18H16N2O3. The van der Waals surface area contributed by atoms with Gasteiger partial charge >= 0.3 is 0 Å². The molecule has 0 unspecified atom stereocenters. The number of para-hydroxylation sites is 2. The third-order valence-electron chi connectivity index (χ3n) is 3.48. The van der Waals surface area contributed by atoms with Crippen LogP contribution in [0.5, 0.6) is 5.75 Å². The molecule has 0 fully saturated rings. The van der Waals surface area contributed by atoms with Crippen LogP contribution in [0.2, 0.25) is 0 Å². The van der Waals surface area contributed by atoms with Crippen LogP contribution in [0, 0.1) is 0 Å². The van der Waals surface area contributed by atoms with Gasteiger partial charge in [0.1, 0.15) is 18.9 Å². The number of carbonyl (C=O) groups excluding carboxylic acids is 2. The van der Waals surface area contributed by atoms with E-state index in [1.54, 1.807) is 36.4 Å². The Morgan fingerprint density at radius 2 is 1.96 bits per heavy atom. The molecule has 5 heteroatoms. The zero-order valence-electron chi connectivity index (χ0n) is 12.5. The van der Waals surface area contributed by atoms with Gasteiger partial charge in [-0.05, 0) is 36.4 Å². The smallest absolute Gasteiger partial charge is 0.258 e. The highest BCUT2D eigenvalue weighted by molar-refractivity contribution is 6.15. The lowest BCUT2D eigenvalue weighted by Crippen LogP contribution is -2.42. The van der Waals surface area contributed by atoms with Crippen LogP contribution in [-0.4, -0.2) is 25.0 Å². The Hall–Kier alpha value is -3.08. The van der Waals surface area contributed by atoms with Gasteiger partial charge in [0.2, 0.25) is 5.91 Å². The molecule has 3 rings (SSSR count). The number of anilines is 2. The van der Waals surface area contributed by atoms with E-state index in [0.29, 0.717) is 29.3 Å². The fourth-order valence-corrected chi connectivity index (χ4v) is 2.42. The SMILES string of the molecule is C=CCOc1ccc(C(=O)N2CC(=O)Nc3ccccc32)cc1. The number of hydrogen-bond acceptors (Lipinski definition) is 3. The van der Waals surface area contributed by atoms with E-state index < -0.39 is 0 Å². The van der Waals surface area contributed by atoms with Crippen LogP contribution in [-0.2, 0) is 4.79 Å². The lowest BCUT2D eigenvalue weighted by atomic mass is 10.1. The first kappa shape index (κ1) is 14.8. The van der Waals surface area contributed by atoms with Crippen molar-refractivity contribution in [3.05, 3.63) is 66.7 Å². The molecule has 0 spiro atoms. The summed E-state index contributed by atoms with van der Waals surface area (Å²) in [5, 5.41) is 2.77. The minimum absolute atomic E-state index is 0.00453. The van der Waals surface area contributed by atoms with Crippen molar-refractivity contribution in [3.63, 3.8) is 0 Å². The fraction of sp³-hybridized carbons (Fsp3) is 0.111. The van der Waals surface area contributed by atoms with Crippen molar-refractivity contribution in [1.29, 1.82) is 0 Å². The van der Waals surface area contributed by atoms with Gasteiger partial charge in [-0.15, -0.1) is 0 Å². The summed E-state index contributed by atoms with van der Waals surface area (Å²) in [4.78, 5) is 26.0. The number of benzene rings is 2. The first-order valence-electron chi connectivity index (χ1n) is 7.23. The minimum atomic E-state index is -0.220. The lowest BCUT2D eigenvalue weighted by Gasteiger charge is -2.29. The van der Waals surface area contributed by atoms with Gasteiger partial charge in [0, 0.05) is 5.56 Å². The predicted octanol–water partition coefficient (Wildman–Crippen LogP) is 2.85. The molecule has 1 N–H and O–H groups in total. The summed E-state index contributed by atoms with van der Waals surface area (Å²) < 4.78 is 5.40. The van der Waals surface area contributed by atoms with Crippen molar-refractivity contribution in [2.45, 2.75) is 0 Å². The lowest BCUT2D eigenvalue weighted by molar-refractivity contribution is -0.115.